The zero-order chi connectivity index (χ0) is 21.2. The van der Waals surface area contributed by atoms with Gasteiger partial charge < -0.3 is 10.1 Å². The van der Waals surface area contributed by atoms with Crippen molar-refractivity contribution in [3.05, 3.63) is 58.9 Å². The fourth-order valence-corrected chi connectivity index (χ4v) is 4.52. The van der Waals surface area contributed by atoms with Crippen LogP contribution >= 0.6 is 11.6 Å². The van der Waals surface area contributed by atoms with Gasteiger partial charge in [-0.2, -0.15) is 0 Å². The number of amides is 2. The molecule has 0 saturated carbocycles. The van der Waals surface area contributed by atoms with Gasteiger partial charge in [-0.15, -0.1) is 0 Å². The lowest BCUT2D eigenvalue weighted by Gasteiger charge is -2.23. The van der Waals surface area contributed by atoms with Crippen molar-refractivity contribution in [3.63, 3.8) is 0 Å². The van der Waals surface area contributed by atoms with E-state index in [-0.39, 0.29) is 23.4 Å². The van der Waals surface area contributed by atoms with Crippen molar-refractivity contribution in [2.75, 3.05) is 20.2 Å². The Balaban J connectivity index is 1.94. The molecule has 1 N–H and O–H groups in total. The van der Waals surface area contributed by atoms with E-state index in [0.717, 1.165) is 0 Å². The Labute approximate surface area is 172 Å². The van der Waals surface area contributed by atoms with E-state index in [0.29, 0.717) is 15.1 Å². The van der Waals surface area contributed by atoms with Crippen molar-refractivity contribution >= 4 is 33.4 Å². The number of hydrogen-bond donors (Lipinski definition) is 1. The molecule has 2 amide bonds. The monoisotopic (exact) mass is 440 g/mol. The second-order valence-corrected chi connectivity index (χ2v) is 8.77. The van der Waals surface area contributed by atoms with Crippen LogP contribution in [0.5, 0.6) is 5.75 Å². The van der Waals surface area contributed by atoms with Crippen molar-refractivity contribution in [1.29, 1.82) is 0 Å². The first kappa shape index (κ1) is 21.1. The molecule has 29 heavy (non-hydrogen) atoms. The van der Waals surface area contributed by atoms with Gasteiger partial charge in [-0.1, -0.05) is 11.6 Å². The Hall–Kier alpha value is -2.65. The molecule has 0 bridgehead atoms. The van der Waals surface area contributed by atoms with Gasteiger partial charge in [0.15, 0.2) is 0 Å². The quantitative estimate of drug-likeness (QED) is 0.767. The summed E-state index contributed by atoms with van der Waals surface area (Å²) >= 11 is 5.79. The summed E-state index contributed by atoms with van der Waals surface area (Å²) in [6.07, 6.45) is -0.102. The highest BCUT2D eigenvalue weighted by molar-refractivity contribution is 7.89. The maximum Gasteiger partial charge on any atom is 0.266 e. The van der Waals surface area contributed by atoms with Crippen LogP contribution in [0.15, 0.2) is 47.4 Å². The molecule has 10 heteroatoms. The molecule has 154 valence electrons. The highest BCUT2D eigenvalue weighted by Crippen LogP contribution is 2.25. The molecule has 1 aliphatic heterocycles. The van der Waals surface area contributed by atoms with E-state index < -0.39 is 40.1 Å². The van der Waals surface area contributed by atoms with E-state index in [1.165, 1.54) is 49.6 Å². The summed E-state index contributed by atoms with van der Waals surface area (Å²) < 4.78 is 45.7. The van der Waals surface area contributed by atoms with E-state index in [1.54, 1.807) is 0 Å². The second-order valence-electron chi connectivity index (χ2n) is 6.47. The van der Waals surface area contributed by atoms with Gasteiger partial charge in [0.25, 0.3) is 10.0 Å². The zero-order valence-corrected chi connectivity index (χ0v) is 17.0. The third-order valence-corrected chi connectivity index (χ3v) is 6.56. The largest absolute Gasteiger partial charge is 0.497 e. The number of carbonyl (C=O) groups is 2. The van der Waals surface area contributed by atoms with Gasteiger partial charge in [-0.05, 0) is 54.4 Å². The molecule has 0 aliphatic carbocycles. The van der Waals surface area contributed by atoms with Crippen LogP contribution in [0, 0.1) is 11.7 Å². The Bertz CT molecular complexity index is 1040. The fraction of sp³-hybridized carbons (Fsp3) is 0.263. The van der Waals surface area contributed by atoms with E-state index in [2.05, 4.69) is 5.32 Å². The van der Waals surface area contributed by atoms with Gasteiger partial charge in [0.05, 0.1) is 17.9 Å². The molecule has 1 fully saturated rings. The minimum absolute atomic E-state index is 0.102. The molecule has 1 heterocycles. The summed E-state index contributed by atoms with van der Waals surface area (Å²) in [5.41, 5.74) is 0.183. The summed E-state index contributed by atoms with van der Waals surface area (Å²) in [5.74, 6) is -2.53. The lowest BCUT2D eigenvalue weighted by atomic mass is 9.98. The van der Waals surface area contributed by atoms with E-state index >= 15 is 0 Å². The summed E-state index contributed by atoms with van der Waals surface area (Å²) in [5, 5.41) is 2.84. The number of methoxy groups -OCH3 is 1. The fourth-order valence-electron chi connectivity index (χ4n) is 2.99. The van der Waals surface area contributed by atoms with Crippen molar-refractivity contribution < 1.29 is 27.1 Å². The third kappa shape index (κ3) is 4.51. The Morgan fingerprint density at radius 1 is 1.21 bits per heavy atom. The predicted octanol–water partition coefficient (Wildman–Crippen LogP) is 1.99. The van der Waals surface area contributed by atoms with Crippen LogP contribution in [0.4, 0.5) is 4.39 Å². The first-order chi connectivity index (χ1) is 13.7. The molecular weight excluding hydrogens is 423 g/mol. The van der Waals surface area contributed by atoms with Crippen LogP contribution in [0.1, 0.15) is 5.56 Å². The van der Waals surface area contributed by atoms with E-state index in [1.807, 2.05) is 0 Å². The van der Waals surface area contributed by atoms with Crippen LogP contribution in [-0.2, 0) is 26.0 Å². The third-order valence-electron chi connectivity index (χ3n) is 4.55. The molecule has 3 rings (SSSR count). The number of nitrogens with one attached hydrogen (secondary N) is 1. The topological polar surface area (TPSA) is 92.8 Å². The Morgan fingerprint density at radius 2 is 1.90 bits per heavy atom. The highest BCUT2D eigenvalue weighted by Gasteiger charge is 2.38. The van der Waals surface area contributed by atoms with Crippen LogP contribution in [-0.4, -0.2) is 44.7 Å². The first-order valence-electron chi connectivity index (χ1n) is 8.63. The predicted molar refractivity (Wildman–Crippen MR) is 104 cm³/mol. The number of ether oxygens (including phenoxy) is 1. The average molecular weight is 441 g/mol. The molecule has 7 nitrogen and oxygen atoms in total. The van der Waals surface area contributed by atoms with E-state index in [9.17, 15) is 22.4 Å². The molecule has 2 aromatic carbocycles. The first-order valence-corrected chi connectivity index (χ1v) is 10.5. The van der Waals surface area contributed by atoms with Gasteiger partial charge in [0.2, 0.25) is 11.8 Å². The number of halogens is 2. The molecule has 2 aromatic rings. The van der Waals surface area contributed by atoms with Crippen molar-refractivity contribution in [3.8, 4) is 5.75 Å². The van der Waals surface area contributed by atoms with Crippen LogP contribution < -0.4 is 10.1 Å². The minimum Gasteiger partial charge on any atom is -0.497 e. The number of carbonyl (C=O) groups excluding carboxylic acids is 2. The summed E-state index contributed by atoms with van der Waals surface area (Å²) in [6.45, 7) is -0.762. The number of nitrogens with zero attached hydrogens (tertiary/aromatic N) is 1. The molecular formula is C19H18ClFN2O5S. The summed E-state index contributed by atoms with van der Waals surface area (Å²) in [7, 11) is -2.86. The van der Waals surface area contributed by atoms with Gasteiger partial charge in [-0.3, -0.25) is 9.59 Å². The average Bonchev–Trinajstić information content (AvgIpc) is 2.83. The molecule has 0 radical (unpaired) electrons. The highest BCUT2D eigenvalue weighted by atomic mass is 35.5. The molecule has 0 aromatic heterocycles. The summed E-state index contributed by atoms with van der Waals surface area (Å²) in [4.78, 5) is 24.9. The lowest BCUT2D eigenvalue weighted by molar-refractivity contribution is -0.131. The van der Waals surface area contributed by atoms with Gasteiger partial charge in [0.1, 0.15) is 18.1 Å². The maximum absolute atomic E-state index is 14.2. The minimum atomic E-state index is -4.29. The Kier molecular flexibility index (Phi) is 6.09. The molecule has 0 spiro atoms. The number of benzene rings is 2. The maximum atomic E-state index is 14.2. The number of rotatable bonds is 5. The van der Waals surface area contributed by atoms with Crippen LogP contribution in [0.3, 0.4) is 0 Å². The van der Waals surface area contributed by atoms with Gasteiger partial charge in [0, 0.05) is 11.6 Å². The molecule has 1 aliphatic rings. The number of hydrogen-bond acceptors (Lipinski definition) is 5. The van der Waals surface area contributed by atoms with Gasteiger partial charge in [-0.25, -0.2) is 17.1 Å². The van der Waals surface area contributed by atoms with Crippen LogP contribution in [0.25, 0.3) is 0 Å². The van der Waals surface area contributed by atoms with Crippen molar-refractivity contribution in [2.24, 2.45) is 5.92 Å². The SMILES string of the molecule is COc1ccc(F)c(CC2CNC(=O)CN(S(=O)(=O)c3ccc(Cl)cc3)C2=O)c1. The van der Waals surface area contributed by atoms with E-state index in [4.69, 9.17) is 16.3 Å². The van der Waals surface area contributed by atoms with Gasteiger partial charge >= 0.3 is 0 Å². The lowest BCUT2D eigenvalue weighted by Crippen LogP contribution is -2.42. The van der Waals surface area contributed by atoms with Crippen molar-refractivity contribution in [1.82, 2.24) is 9.62 Å². The molecule has 1 unspecified atom stereocenters. The number of sulfonamides is 1. The normalized spacial score (nSPS) is 17.6. The smallest absolute Gasteiger partial charge is 0.266 e. The standard InChI is InChI=1S/C19H18ClFN2O5S/c1-28-15-4-7-17(21)12(9-15)8-13-10-22-18(24)11-23(19(13)25)29(26,27)16-5-2-14(20)3-6-16/h2-7,9,13H,8,10-11H2,1H3,(H,22,24). The molecule has 1 saturated heterocycles. The molecule has 1 atom stereocenters. The van der Waals surface area contributed by atoms with Crippen LogP contribution in [0.2, 0.25) is 5.02 Å². The second kappa shape index (κ2) is 8.38. The Morgan fingerprint density at radius 3 is 2.55 bits per heavy atom. The van der Waals surface area contributed by atoms with Crippen molar-refractivity contribution in [2.45, 2.75) is 11.3 Å². The zero-order valence-electron chi connectivity index (χ0n) is 15.4. The summed E-state index contributed by atoms with van der Waals surface area (Å²) in [6, 6.07) is 9.34.